The number of ether oxygens (including phenoxy) is 1. The molecule has 2 atom stereocenters. The van der Waals surface area contributed by atoms with Gasteiger partial charge in [-0.05, 0) is 29.5 Å². The number of hydrogen-bond acceptors (Lipinski definition) is 3. The van der Waals surface area contributed by atoms with Crippen molar-refractivity contribution in [1.29, 1.82) is 0 Å². The molecule has 1 aromatic rings. The molecule has 1 heterocycles. The summed E-state index contributed by atoms with van der Waals surface area (Å²) < 4.78 is 32.3. The smallest absolute Gasteiger partial charge is 0.246 e. The second kappa shape index (κ2) is 5.92. The minimum Gasteiger partial charge on any atom is -0.495 e. The van der Waals surface area contributed by atoms with E-state index in [0.717, 1.165) is 5.56 Å². The van der Waals surface area contributed by atoms with Gasteiger partial charge in [-0.2, -0.15) is 4.31 Å². The molecular weight excluding hydrogens is 298 g/mol. The molecule has 1 fully saturated rings. The number of alkyl halides is 1. The summed E-state index contributed by atoms with van der Waals surface area (Å²) in [4.78, 5) is 0.208. The van der Waals surface area contributed by atoms with Crippen molar-refractivity contribution in [2.45, 2.75) is 24.6 Å². The summed E-state index contributed by atoms with van der Waals surface area (Å²) in [6, 6.07) is 5.04. The van der Waals surface area contributed by atoms with E-state index in [1.54, 1.807) is 18.2 Å². The van der Waals surface area contributed by atoms with Gasteiger partial charge >= 0.3 is 0 Å². The lowest BCUT2D eigenvalue weighted by Gasteiger charge is -2.18. The highest BCUT2D eigenvalue weighted by molar-refractivity contribution is 7.89. The Morgan fingerprint density at radius 3 is 2.40 bits per heavy atom. The average Bonchev–Trinajstić information content (AvgIpc) is 2.78. The molecule has 0 aliphatic carbocycles. The first-order chi connectivity index (χ1) is 9.40. The van der Waals surface area contributed by atoms with Gasteiger partial charge < -0.3 is 4.74 Å². The third kappa shape index (κ3) is 2.80. The van der Waals surface area contributed by atoms with Crippen LogP contribution in [0.1, 0.15) is 19.4 Å². The second-order valence-electron chi connectivity index (χ2n) is 5.40. The fourth-order valence-corrected chi connectivity index (χ4v) is 4.43. The molecule has 0 radical (unpaired) electrons. The van der Waals surface area contributed by atoms with Crippen LogP contribution in [0.3, 0.4) is 0 Å². The molecule has 0 N–H and O–H groups in total. The molecule has 0 saturated carbocycles. The van der Waals surface area contributed by atoms with E-state index in [2.05, 4.69) is 13.8 Å². The van der Waals surface area contributed by atoms with Gasteiger partial charge in [-0.1, -0.05) is 19.9 Å². The van der Waals surface area contributed by atoms with Crippen LogP contribution in [0.4, 0.5) is 0 Å². The van der Waals surface area contributed by atoms with E-state index in [1.807, 2.05) is 0 Å². The number of hydrogen-bond donors (Lipinski definition) is 0. The van der Waals surface area contributed by atoms with Crippen LogP contribution in [-0.2, 0) is 15.9 Å². The van der Waals surface area contributed by atoms with Crippen molar-refractivity contribution in [1.82, 2.24) is 4.31 Å². The Morgan fingerprint density at radius 1 is 1.30 bits per heavy atom. The van der Waals surface area contributed by atoms with Crippen molar-refractivity contribution in [3.8, 4) is 5.75 Å². The van der Waals surface area contributed by atoms with Crippen LogP contribution in [0.2, 0.25) is 0 Å². The number of sulfonamides is 1. The third-order valence-corrected chi connectivity index (χ3v) is 6.12. The summed E-state index contributed by atoms with van der Waals surface area (Å²) in [5.41, 5.74) is 0.770. The standard InChI is InChI=1S/C14H20ClNO3S/c1-10-8-16(9-11(10)2)20(17,18)14-6-12(7-15)4-5-13(14)19-3/h4-6,10-11H,7-9H2,1-3H3. The summed E-state index contributed by atoms with van der Waals surface area (Å²) in [5, 5.41) is 0. The molecule has 1 aliphatic rings. The van der Waals surface area contributed by atoms with E-state index in [4.69, 9.17) is 16.3 Å². The van der Waals surface area contributed by atoms with Gasteiger partial charge in [0.25, 0.3) is 0 Å². The fourth-order valence-electron chi connectivity index (χ4n) is 2.42. The number of halogens is 1. The largest absolute Gasteiger partial charge is 0.495 e. The summed E-state index contributed by atoms with van der Waals surface area (Å²) in [6.45, 7) is 5.26. The molecule has 0 bridgehead atoms. The van der Waals surface area contributed by atoms with Gasteiger partial charge in [0.05, 0.1) is 7.11 Å². The van der Waals surface area contributed by atoms with Gasteiger partial charge in [-0.25, -0.2) is 8.42 Å². The molecule has 0 aromatic heterocycles. The Bertz CT molecular complexity index is 578. The molecule has 2 unspecified atom stereocenters. The lowest BCUT2D eigenvalue weighted by molar-refractivity contribution is 0.397. The van der Waals surface area contributed by atoms with Crippen molar-refractivity contribution >= 4 is 21.6 Å². The number of methoxy groups -OCH3 is 1. The van der Waals surface area contributed by atoms with E-state index < -0.39 is 10.0 Å². The van der Waals surface area contributed by atoms with Gasteiger partial charge in [0.15, 0.2) is 0 Å². The first kappa shape index (κ1) is 15.6. The zero-order chi connectivity index (χ0) is 14.9. The van der Waals surface area contributed by atoms with E-state index in [0.29, 0.717) is 30.7 Å². The predicted molar refractivity (Wildman–Crippen MR) is 79.6 cm³/mol. The molecule has 2 rings (SSSR count). The Hall–Kier alpha value is -0.780. The highest BCUT2D eigenvalue weighted by atomic mass is 35.5. The Kier molecular flexibility index (Phi) is 4.62. The topological polar surface area (TPSA) is 46.6 Å². The Morgan fingerprint density at radius 2 is 1.90 bits per heavy atom. The summed E-state index contributed by atoms with van der Waals surface area (Å²) >= 11 is 5.80. The molecule has 1 saturated heterocycles. The first-order valence-electron chi connectivity index (χ1n) is 6.63. The molecule has 4 nitrogen and oxygen atoms in total. The minimum atomic E-state index is -3.53. The second-order valence-corrected chi connectivity index (χ2v) is 7.57. The van der Waals surface area contributed by atoms with Crippen molar-refractivity contribution in [3.63, 3.8) is 0 Å². The van der Waals surface area contributed by atoms with Gasteiger partial charge in [-0.15, -0.1) is 11.6 Å². The molecule has 20 heavy (non-hydrogen) atoms. The molecule has 0 spiro atoms. The van der Waals surface area contributed by atoms with Crippen molar-refractivity contribution in [3.05, 3.63) is 23.8 Å². The summed E-state index contributed by atoms with van der Waals surface area (Å²) in [7, 11) is -2.05. The van der Waals surface area contributed by atoms with Crippen molar-refractivity contribution in [2.24, 2.45) is 11.8 Å². The number of nitrogens with zero attached hydrogens (tertiary/aromatic N) is 1. The molecule has 1 aliphatic heterocycles. The third-order valence-electron chi connectivity index (χ3n) is 3.95. The maximum Gasteiger partial charge on any atom is 0.246 e. The van der Waals surface area contributed by atoms with Crippen LogP contribution in [0.25, 0.3) is 0 Å². The fraction of sp³-hybridized carbons (Fsp3) is 0.571. The highest BCUT2D eigenvalue weighted by Crippen LogP contribution is 2.33. The number of rotatable bonds is 4. The van der Waals surface area contributed by atoms with Crippen molar-refractivity contribution in [2.75, 3.05) is 20.2 Å². The van der Waals surface area contributed by atoms with Gasteiger partial charge in [0, 0.05) is 19.0 Å². The minimum absolute atomic E-state index is 0.208. The summed E-state index contributed by atoms with van der Waals surface area (Å²) in [6.07, 6.45) is 0. The molecule has 6 heteroatoms. The normalized spacial score (nSPS) is 24.0. The number of benzene rings is 1. The Balaban J connectivity index is 2.43. The first-order valence-corrected chi connectivity index (χ1v) is 8.60. The SMILES string of the molecule is COc1ccc(CCl)cc1S(=O)(=O)N1CC(C)C(C)C1. The highest BCUT2D eigenvalue weighted by Gasteiger charge is 2.36. The van der Waals surface area contributed by atoms with E-state index in [9.17, 15) is 8.42 Å². The van der Waals surface area contributed by atoms with Crippen LogP contribution in [0.15, 0.2) is 23.1 Å². The van der Waals surface area contributed by atoms with Gasteiger partial charge in [0.2, 0.25) is 10.0 Å². The van der Waals surface area contributed by atoms with Crippen LogP contribution >= 0.6 is 11.6 Å². The molecule has 0 amide bonds. The van der Waals surface area contributed by atoms with Crippen LogP contribution in [0.5, 0.6) is 5.75 Å². The zero-order valence-corrected chi connectivity index (χ0v) is 13.5. The molecular formula is C14H20ClNO3S. The van der Waals surface area contributed by atoms with Crippen molar-refractivity contribution < 1.29 is 13.2 Å². The van der Waals surface area contributed by atoms with E-state index in [1.165, 1.54) is 11.4 Å². The van der Waals surface area contributed by atoms with Crippen LogP contribution in [-0.4, -0.2) is 32.9 Å². The van der Waals surface area contributed by atoms with Crippen LogP contribution < -0.4 is 4.74 Å². The Labute approximate surface area is 125 Å². The van der Waals surface area contributed by atoms with Crippen LogP contribution in [0, 0.1) is 11.8 Å². The van der Waals surface area contributed by atoms with E-state index in [-0.39, 0.29) is 10.8 Å². The average molecular weight is 318 g/mol. The van der Waals surface area contributed by atoms with Gasteiger partial charge in [0.1, 0.15) is 10.6 Å². The maximum absolute atomic E-state index is 12.8. The summed E-state index contributed by atoms with van der Waals surface area (Å²) in [5.74, 6) is 1.38. The predicted octanol–water partition coefficient (Wildman–Crippen LogP) is 2.71. The lowest BCUT2D eigenvalue weighted by atomic mass is 10.0. The monoisotopic (exact) mass is 317 g/mol. The maximum atomic E-state index is 12.8. The lowest BCUT2D eigenvalue weighted by Crippen LogP contribution is -2.29. The zero-order valence-electron chi connectivity index (χ0n) is 12.0. The molecule has 112 valence electrons. The van der Waals surface area contributed by atoms with Gasteiger partial charge in [-0.3, -0.25) is 0 Å². The molecule has 1 aromatic carbocycles. The quantitative estimate of drug-likeness (QED) is 0.802. The van der Waals surface area contributed by atoms with E-state index >= 15 is 0 Å².